The first-order valence-corrected chi connectivity index (χ1v) is 6.02. The molecule has 0 aromatic heterocycles. The molecular formula is C13H21N3. The lowest BCUT2D eigenvalue weighted by molar-refractivity contribution is 0.637. The quantitative estimate of drug-likeness (QED) is 0.269. The van der Waals surface area contributed by atoms with Crippen LogP contribution in [0.4, 0.5) is 0 Å². The van der Waals surface area contributed by atoms with Crippen molar-refractivity contribution in [2.24, 2.45) is 27.3 Å². The van der Waals surface area contributed by atoms with Crippen molar-refractivity contribution < 1.29 is 0 Å². The monoisotopic (exact) mass is 219 g/mol. The second-order valence-electron chi connectivity index (χ2n) is 4.15. The van der Waals surface area contributed by atoms with Crippen molar-refractivity contribution in [3.63, 3.8) is 0 Å². The molecule has 0 heterocycles. The van der Waals surface area contributed by atoms with Gasteiger partial charge >= 0.3 is 0 Å². The predicted molar refractivity (Wildman–Crippen MR) is 68.7 cm³/mol. The molecular weight excluding hydrogens is 198 g/mol. The molecule has 88 valence electrons. The van der Waals surface area contributed by atoms with Gasteiger partial charge in [0.15, 0.2) is 0 Å². The van der Waals surface area contributed by atoms with E-state index in [0.717, 1.165) is 11.8 Å². The van der Waals surface area contributed by atoms with Gasteiger partial charge in [-0.1, -0.05) is 38.0 Å². The molecule has 1 aliphatic carbocycles. The first kappa shape index (κ1) is 12.8. The van der Waals surface area contributed by atoms with Crippen molar-refractivity contribution in [2.75, 3.05) is 7.05 Å². The molecule has 2 unspecified atom stereocenters. The molecule has 2 atom stereocenters. The van der Waals surface area contributed by atoms with E-state index in [2.05, 4.69) is 34.5 Å². The minimum atomic E-state index is 0.951. The molecule has 1 rings (SSSR count). The SMILES string of the molecule is CCCC1CC1C/C=C/C=C/C=N/N=N/C. The highest BCUT2D eigenvalue weighted by Crippen LogP contribution is 2.44. The van der Waals surface area contributed by atoms with Crippen LogP contribution in [-0.2, 0) is 0 Å². The Bertz CT molecular complexity index is 290. The van der Waals surface area contributed by atoms with Crippen LogP contribution in [0.2, 0.25) is 0 Å². The summed E-state index contributed by atoms with van der Waals surface area (Å²) >= 11 is 0. The van der Waals surface area contributed by atoms with Crippen LogP contribution < -0.4 is 0 Å². The summed E-state index contributed by atoms with van der Waals surface area (Å²) < 4.78 is 0. The Hall–Kier alpha value is -1.25. The summed E-state index contributed by atoms with van der Waals surface area (Å²) in [6, 6.07) is 0. The lowest BCUT2D eigenvalue weighted by Gasteiger charge is -1.92. The molecule has 1 fully saturated rings. The highest BCUT2D eigenvalue weighted by atomic mass is 15.3. The fourth-order valence-electron chi connectivity index (χ4n) is 1.89. The lowest BCUT2D eigenvalue weighted by Crippen LogP contribution is -1.79. The summed E-state index contributed by atoms with van der Waals surface area (Å²) in [4.78, 5) is 0. The summed E-state index contributed by atoms with van der Waals surface area (Å²) in [5, 5.41) is 10.7. The van der Waals surface area contributed by atoms with Crippen molar-refractivity contribution in [2.45, 2.75) is 32.6 Å². The van der Waals surface area contributed by atoms with Gasteiger partial charge in [0.25, 0.3) is 0 Å². The topological polar surface area (TPSA) is 37.1 Å². The van der Waals surface area contributed by atoms with Crippen LogP contribution >= 0.6 is 0 Å². The predicted octanol–water partition coefficient (Wildman–Crippen LogP) is 3.99. The maximum absolute atomic E-state index is 3.68. The Labute approximate surface area is 98.0 Å². The third-order valence-corrected chi connectivity index (χ3v) is 2.82. The van der Waals surface area contributed by atoms with Gasteiger partial charge in [0.05, 0.1) is 13.3 Å². The Kier molecular flexibility index (Phi) is 6.38. The minimum Gasteiger partial charge on any atom is -0.172 e. The molecule has 0 saturated heterocycles. The third kappa shape index (κ3) is 5.59. The second kappa shape index (κ2) is 7.97. The molecule has 1 saturated carbocycles. The molecule has 0 aromatic carbocycles. The van der Waals surface area contributed by atoms with Crippen LogP contribution in [0.25, 0.3) is 0 Å². The van der Waals surface area contributed by atoms with E-state index in [9.17, 15) is 0 Å². The standard InChI is InChI=1S/C13H21N3/c1-3-8-12-11-13(12)9-6-4-5-7-10-15-16-14-2/h4-7,10,12-13H,3,8-9,11H2,1-2H3/b6-4+,7-5+,15-10+,16-14+. The molecule has 0 N–H and O–H groups in total. The van der Waals surface area contributed by atoms with E-state index < -0.39 is 0 Å². The van der Waals surface area contributed by atoms with Crippen LogP contribution in [0.1, 0.15) is 32.6 Å². The maximum Gasteiger partial charge on any atom is 0.0513 e. The van der Waals surface area contributed by atoms with E-state index in [-0.39, 0.29) is 0 Å². The zero-order valence-electron chi connectivity index (χ0n) is 10.2. The molecule has 0 amide bonds. The average molecular weight is 219 g/mol. The van der Waals surface area contributed by atoms with Crippen LogP contribution in [0.3, 0.4) is 0 Å². The van der Waals surface area contributed by atoms with Crippen LogP contribution in [0.5, 0.6) is 0 Å². The van der Waals surface area contributed by atoms with E-state index in [1.807, 2.05) is 12.2 Å². The van der Waals surface area contributed by atoms with Gasteiger partial charge in [-0.2, -0.15) is 5.11 Å². The smallest absolute Gasteiger partial charge is 0.0513 e. The minimum absolute atomic E-state index is 0.951. The van der Waals surface area contributed by atoms with Gasteiger partial charge in [0, 0.05) is 0 Å². The Morgan fingerprint density at radius 3 is 2.81 bits per heavy atom. The van der Waals surface area contributed by atoms with Crippen molar-refractivity contribution in [1.82, 2.24) is 0 Å². The van der Waals surface area contributed by atoms with Gasteiger partial charge < -0.3 is 0 Å². The van der Waals surface area contributed by atoms with Gasteiger partial charge in [-0.3, -0.25) is 0 Å². The molecule has 16 heavy (non-hydrogen) atoms. The number of hydrogen-bond acceptors (Lipinski definition) is 2. The molecule has 3 heteroatoms. The van der Waals surface area contributed by atoms with E-state index in [0.29, 0.717) is 0 Å². The molecule has 3 nitrogen and oxygen atoms in total. The van der Waals surface area contributed by atoms with Gasteiger partial charge in [-0.05, 0) is 36.0 Å². The summed E-state index contributed by atoms with van der Waals surface area (Å²) in [5.41, 5.74) is 0. The summed E-state index contributed by atoms with van der Waals surface area (Å²) in [6.07, 6.45) is 15.2. The van der Waals surface area contributed by atoms with Crippen LogP contribution in [-0.4, -0.2) is 13.3 Å². The highest BCUT2D eigenvalue weighted by Gasteiger charge is 2.34. The molecule has 0 spiro atoms. The van der Waals surface area contributed by atoms with Gasteiger partial charge in [-0.15, -0.1) is 5.10 Å². The lowest BCUT2D eigenvalue weighted by atomic mass is 10.1. The molecule has 0 bridgehead atoms. The fourth-order valence-corrected chi connectivity index (χ4v) is 1.89. The fraction of sp³-hybridized carbons (Fsp3) is 0.615. The molecule has 0 aliphatic heterocycles. The summed E-state index contributed by atoms with van der Waals surface area (Å²) in [7, 11) is 1.60. The zero-order valence-corrected chi connectivity index (χ0v) is 10.2. The summed E-state index contributed by atoms with van der Waals surface area (Å²) in [5.74, 6) is 1.96. The second-order valence-corrected chi connectivity index (χ2v) is 4.15. The largest absolute Gasteiger partial charge is 0.172 e. The number of hydrogen-bond donors (Lipinski definition) is 0. The van der Waals surface area contributed by atoms with E-state index in [4.69, 9.17) is 0 Å². The van der Waals surface area contributed by atoms with E-state index in [1.165, 1.54) is 25.7 Å². The summed E-state index contributed by atoms with van der Waals surface area (Å²) in [6.45, 7) is 2.26. The molecule has 0 radical (unpaired) electrons. The normalized spacial score (nSPS) is 25.6. The van der Waals surface area contributed by atoms with E-state index in [1.54, 1.807) is 13.3 Å². The maximum atomic E-state index is 3.68. The number of rotatable bonds is 7. The number of allylic oxidation sites excluding steroid dienone is 4. The highest BCUT2D eigenvalue weighted by molar-refractivity contribution is 5.71. The molecule has 0 aromatic rings. The third-order valence-electron chi connectivity index (χ3n) is 2.82. The van der Waals surface area contributed by atoms with Crippen molar-refractivity contribution in [3.8, 4) is 0 Å². The van der Waals surface area contributed by atoms with Crippen LogP contribution in [0.15, 0.2) is 39.7 Å². The Balaban J connectivity index is 2.05. The van der Waals surface area contributed by atoms with Gasteiger partial charge in [-0.25, -0.2) is 0 Å². The zero-order chi connectivity index (χ0) is 11.6. The van der Waals surface area contributed by atoms with Crippen molar-refractivity contribution in [1.29, 1.82) is 0 Å². The average Bonchev–Trinajstić information content (AvgIpc) is 3.01. The van der Waals surface area contributed by atoms with E-state index >= 15 is 0 Å². The molecule has 1 aliphatic rings. The Morgan fingerprint density at radius 1 is 1.19 bits per heavy atom. The first-order valence-electron chi connectivity index (χ1n) is 6.02. The van der Waals surface area contributed by atoms with Crippen LogP contribution in [0, 0.1) is 11.8 Å². The first-order chi connectivity index (χ1) is 7.88. The van der Waals surface area contributed by atoms with Gasteiger partial charge in [0.1, 0.15) is 0 Å². The Morgan fingerprint density at radius 2 is 2.06 bits per heavy atom. The van der Waals surface area contributed by atoms with Gasteiger partial charge in [0.2, 0.25) is 0 Å². The van der Waals surface area contributed by atoms with Crippen molar-refractivity contribution >= 4 is 6.21 Å². The van der Waals surface area contributed by atoms with Crippen molar-refractivity contribution in [3.05, 3.63) is 24.3 Å². The number of nitrogens with zero attached hydrogens (tertiary/aromatic N) is 3.